The van der Waals surface area contributed by atoms with Crippen LogP contribution in [0.1, 0.15) is 26.4 Å². The Balaban J connectivity index is 1.17. The molecule has 0 bridgehead atoms. The second-order valence-electron chi connectivity index (χ2n) is 17.4. The second kappa shape index (κ2) is 23.9. The topological polar surface area (TPSA) is 632 Å². The number of carboxylic acids is 2. The number of carboxylic acid groups (broad SMARTS) is 2. The summed E-state index contributed by atoms with van der Waals surface area (Å²) in [5, 5.41) is 109. The van der Waals surface area contributed by atoms with Gasteiger partial charge in [-0.1, -0.05) is 5.04 Å². The summed E-state index contributed by atoms with van der Waals surface area (Å²) in [6.07, 6.45) is 0. The van der Waals surface area contributed by atoms with Crippen LogP contribution in [0.5, 0.6) is 17.4 Å². The molecule has 0 atom stereocenters. The number of phenolic OH excluding ortho intramolecular Hbond substituents is 2. The van der Waals surface area contributed by atoms with Gasteiger partial charge in [-0.25, -0.2) is 14.8 Å². The van der Waals surface area contributed by atoms with E-state index in [0.29, 0.717) is 36.4 Å². The highest BCUT2D eigenvalue weighted by atomic mass is 32.2. The molecule has 13 N–H and O–H groups in total. The molecule has 0 aliphatic carbocycles. The van der Waals surface area contributed by atoms with Gasteiger partial charge in [0.15, 0.2) is 17.2 Å². The molecule has 89 heavy (non-hydrogen) atoms. The monoisotopic (exact) mass is 1350 g/mol. The van der Waals surface area contributed by atoms with Gasteiger partial charge in [0, 0.05) is 22.9 Å². The fraction of sp³-hybridized carbons (Fsp3) is 0.0227. The zero-order valence-corrected chi connectivity index (χ0v) is 47.9. The number of non-ortho nitro benzene ring substituents is 1. The Morgan fingerprint density at radius 3 is 1.78 bits per heavy atom. The zero-order valence-electron chi connectivity index (χ0n) is 43.0. The molecule has 0 fully saturated rings. The van der Waals surface area contributed by atoms with Gasteiger partial charge in [-0.05, 0) is 90.7 Å². The highest BCUT2D eigenvalue weighted by molar-refractivity contribution is 7.94. The van der Waals surface area contributed by atoms with Crippen molar-refractivity contribution in [1.82, 2.24) is 9.78 Å². The maximum atomic E-state index is 12.8. The van der Waals surface area contributed by atoms with E-state index in [4.69, 9.17) is 11.0 Å². The summed E-state index contributed by atoms with van der Waals surface area (Å²) in [6, 6.07) is 10.5. The van der Waals surface area contributed by atoms with Crippen LogP contribution >= 0.6 is 12.0 Å². The van der Waals surface area contributed by atoms with E-state index in [2.05, 4.69) is 55.4 Å². The summed E-state index contributed by atoms with van der Waals surface area (Å²) in [5.74, 6) is -7.23. The fourth-order valence-corrected chi connectivity index (χ4v) is 11.5. The zero-order chi connectivity index (χ0) is 65.8. The number of nitro benzene ring substituents is 1. The number of azo groups is 4. The highest BCUT2D eigenvalue weighted by Crippen LogP contribution is 2.51. The van der Waals surface area contributed by atoms with Crippen LogP contribution in [0.3, 0.4) is 0 Å². The first-order valence-electron chi connectivity index (χ1n) is 22.8. The standard InChI is InChI=1S/C44H30N12O27S6/c1-16-8-26(49-53-38-39(44(62)63)54-55(42(38)59)28-7-4-20(85(67,68)69)12-22(28)43(60)61)32(88(76,77)78)14-25(16)48-52-37-33(89(79,80)81)10-17-9-18(2-5-21(17)40(37)57)46-50-27-15-30(86(70,71)72)23-13-29(84-83-82-66)36(41(58)34(23)35(27)45)51-47-24-6-3-19(56(64)65)11-31(24)87(73,74)75/h2-15,57-59,66H,45H2,1H3,(H,60,61)(H,62,63)(H,67,68,69)(H,70,71,72)(H,73,74,75)(H,76,77,78)(H,79,80,81). The number of nitrogens with zero attached hydrogens (tertiary/aromatic N) is 11. The van der Waals surface area contributed by atoms with Crippen molar-refractivity contribution in [3.05, 3.63) is 112 Å². The number of nitrogen functional groups attached to an aromatic ring is 1. The quantitative estimate of drug-likeness (QED) is 0.00644. The number of aromatic nitrogens is 2. The van der Waals surface area contributed by atoms with Crippen LogP contribution in [-0.2, 0) is 60.0 Å². The average molecular weight is 1350 g/mol. The molecule has 7 aromatic carbocycles. The lowest BCUT2D eigenvalue weighted by atomic mass is 10.0. The smallest absolute Gasteiger partial charge is 0.358 e. The van der Waals surface area contributed by atoms with E-state index >= 15 is 0 Å². The first-order chi connectivity index (χ1) is 41.3. The summed E-state index contributed by atoms with van der Waals surface area (Å²) in [6.45, 7) is 1.20. The molecule has 0 aliphatic heterocycles. The van der Waals surface area contributed by atoms with Crippen molar-refractivity contribution in [2.45, 2.75) is 36.3 Å². The number of phenols is 2. The van der Waals surface area contributed by atoms with E-state index < -0.39 is 193 Å². The predicted molar refractivity (Wildman–Crippen MR) is 295 cm³/mol. The number of rotatable bonds is 20. The summed E-state index contributed by atoms with van der Waals surface area (Å²) in [7, 11) is -26.4. The molecule has 1 aromatic heterocycles. The van der Waals surface area contributed by atoms with E-state index in [1.54, 1.807) is 0 Å². The van der Waals surface area contributed by atoms with Crippen LogP contribution in [0.2, 0.25) is 0 Å². The van der Waals surface area contributed by atoms with Gasteiger partial charge in [-0.2, -0.15) is 62.1 Å². The van der Waals surface area contributed by atoms with Crippen molar-refractivity contribution in [1.29, 1.82) is 0 Å². The summed E-state index contributed by atoms with van der Waals surface area (Å²) in [4.78, 5) is 28.6. The number of nitrogens with two attached hydrogens (primary N) is 1. The van der Waals surface area contributed by atoms with Gasteiger partial charge >= 0.3 is 11.9 Å². The minimum Gasteiger partial charge on any atom is -0.505 e. The first-order valence-corrected chi connectivity index (χ1v) is 30.7. The number of carbonyl (C=O) groups is 2. The van der Waals surface area contributed by atoms with Crippen molar-refractivity contribution in [3.8, 4) is 23.1 Å². The van der Waals surface area contributed by atoms with Gasteiger partial charge < -0.3 is 31.3 Å². The number of hydrogen-bond acceptors (Lipinski definition) is 31. The number of aryl methyl sites for hydroxylation is 1. The molecule has 39 nitrogen and oxygen atoms in total. The third-order valence-corrected chi connectivity index (χ3v) is 16.9. The largest absolute Gasteiger partial charge is 0.505 e. The average Bonchev–Trinajstić information content (AvgIpc) is 0.967. The molecular weight excluding hydrogens is 1320 g/mol. The number of aromatic carboxylic acids is 2. The Bertz CT molecular complexity index is 5160. The van der Waals surface area contributed by atoms with E-state index in [1.165, 1.54) is 6.92 Å². The highest BCUT2D eigenvalue weighted by Gasteiger charge is 2.31. The Labute approximate surface area is 497 Å². The molecule has 0 amide bonds. The van der Waals surface area contributed by atoms with E-state index in [9.17, 15) is 110 Å². The Kier molecular flexibility index (Phi) is 17.5. The van der Waals surface area contributed by atoms with Crippen LogP contribution in [-0.4, -0.2) is 122 Å². The van der Waals surface area contributed by atoms with Gasteiger partial charge in [-0.3, -0.25) is 32.9 Å². The molecule has 464 valence electrons. The molecule has 0 saturated heterocycles. The van der Waals surface area contributed by atoms with Crippen molar-refractivity contribution < 1.29 is 120 Å². The summed E-state index contributed by atoms with van der Waals surface area (Å²) in [5.41, 5.74) is -3.95. The van der Waals surface area contributed by atoms with Crippen LogP contribution in [0.4, 0.5) is 56.9 Å². The van der Waals surface area contributed by atoms with Gasteiger partial charge in [-0.15, -0.1) is 35.0 Å². The van der Waals surface area contributed by atoms with Crippen molar-refractivity contribution >= 4 is 153 Å². The molecular formula is C44H30N12O27S6. The molecule has 45 heteroatoms. The van der Waals surface area contributed by atoms with Crippen molar-refractivity contribution in [2.75, 3.05) is 5.73 Å². The van der Waals surface area contributed by atoms with Crippen LogP contribution in [0.15, 0.2) is 155 Å². The molecule has 0 aliphatic rings. The van der Waals surface area contributed by atoms with Crippen LogP contribution < -0.4 is 5.73 Å². The van der Waals surface area contributed by atoms with Gasteiger partial charge in [0.2, 0.25) is 11.6 Å². The third-order valence-electron chi connectivity index (χ3n) is 11.9. The maximum Gasteiger partial charge on any atom is 0.358 e. The van der Waals surface area contributed by atoms with Crippen molar-refractivity contribution in [2.24, 2.45) is 40.9 Å². The predicted octanol–water partition coefficient (Wildman–Crippen LogP) is 8.81. The lowest BCUT2D eigenvalue weighted by Crippen LogP contribution is -2.10. The van der Waals surface area contributed by atoms with Gasteiger partial charge in [0.1, 0.15) is 48.0 Å². The van der Waals surface area contributed by atoms with E-state index in [0.717, 1.165) is 48.5 Å². The minimum absolute atomic E-state index is 0.0129. The van der Waals surface area contributed by atoms with Gasteiger partial charge in [0.25, 0.3) is 56.3 Å². The number of benzene rings is 7. The molecule has 0 unspecified atom stereocenters. The van der Waals surface area contributed by atoms with E-state index in [-0.39, 0.29) is 38.7 Å². The number of aromatic hydroxyl groups is 3. The van der Waals surface area contributed by atoms with Gasteiger partial charge in [0.05, 0.1) is 60.5 Å². The number of anilines is 1. The Morgan fingerprint density at radius 2 is 1.18 bits per heavy atom. The first kappa shape index (κ1) is 65.0. The number of nitro groups is 1. The second-order valence-corrected chi connectivity index (χ2v) is 25.1. The van der Waals surface area contributed by atoms with Crippen molar-refractivity contribution in [3.63, 3.8) is 0 Å². The normalized spacial score (nSPS) is 12.8. The Hall–Kier alpha value is -10.0. The molecule has 8 rings (SSSR count). The number of hydrogen-bond donors (Lipinski definition) is 12. The lowest BCUT2D eigenvalue weighted by molar-refractivity contribution is -0.432. The van der Waals surface area contributed by atoms with Crippen LogP contribution in [0.25, 0.3) is 27.2 Å². The third kappa shape index (κ3) is 13.4. The minimum atomic E-state index is -5.43. The Morgan fingerprint density at radius 1 is 0.596 bits per heavy atom. The molecule has 0 spiro atoms. The molecule has 1 heterocycles. The number of fused-ring (bicyclic) bond motifs is 2. The fourth-order valence-electron chi connectivity index (χ4n) is 7.93. The lowest BCUT2D eigenvalue weighted by Gasteiger charge is -2.14. The molecule has 0 radical (unpaired) electrons. The summed E-state index contributed by atoms with van der Waals surface area (Å²) >= 11 is 0.0129. The maximum absolute atomic E-state index is 12.8. The summed E-state index contributed by atoms with van der Waals surface area (Å²) < 4.78 is 179. The van der Waals surface area contributed by atoms with Crippen LogP contribution in [0, 0.1) is 17.0 Å². The SMILES string of the molecule is Cc1cc(N=Nc2c(C(=O)O)nn(-c3ccc(S(=O)(=O)O)cc3C(=O)O)c2O)c(S(=O)(=O)O)cc1N=Nc1c(S(=O)(=O)O)cc2cc(N=Nc3cc(S(=O)(=O)O)c4cc(SOOO)c(N=Nc5ccc([N+](=O)[O-])cc5S(=O)(=O)O)c(O)c4c3N)ccc2c1O. The molecule has 0 saturated carbocycles. The van der Waals surface area contributed by atoms with E-state index in [1.807, 2.05) is 0 Å². The molecule has 8 aromatic rings.